The van der Waals surface area contributed by atoms with Crippen LogP contribution >= 0.6 is 11.8 Å². The van der Waals surface area contributed by atoms with Gasteiger partial charge in [-0.15, -0.1) is 0 Å². The van der Waals surface area contributed by atoms with Crippen LogP contribution in [-0.4, -0.2) is 0 Å². The molecule has 0 aliphatic heterocycles. The Kier molecular flexibility index (Phi) is 5.69. The Labute approximate surface area is 209 Å². The molecule has 0 radical (unpaired) electrons. The van der Waals surface area contributed by atoms with Crippen LogP contribution in [0.2, 0.25) is 0 Å². The molecule has 0 bridgehead atoms. The fraction of sp³-hybridized carbons (Fsp3) is 0.226. The molecule has 6 rings (SSSR count). The molecule has 3 nitrogen and oxygen atoms in total. The first kappa shape index (κ1) is 22.1. The summed E-state index contributed by atoms with van der Waals surface area (Å²) in [5.41, 5.74) is 4.37. The number of benzene rings is 3. The van der Waals surface area contributed by atoms with Gasteiger partial charge in [-0.2, -0.15) is 0 Å². The van der Waals surface area contributed by atoms with Crippen LogP contribution in [0.25, 0.3) is 32.7 Å². The van der Waals surface area contributed by atoms with Crippen LogP contribution < -0.4 is 0 Å². The number of fused-ring (bicyclic) bond motifs is 3. The van der Waals surface area contributed by atoms with E-state index in [4.69, 9.17) is 13.3 Å². The first-order valence-corrected chi connectivity index (χ1v) is 13.1. The van der Waals surface area contributed by atoms with Crippen molar-refractivity contribution >= 4 is 44.5 Å². The molecule has 3 heterocycles. The predicted octanol–water partition coefficient (Wildman–Crippen LogP) is 9.94. The van der Waals surface area contributed by atoms with Gasteiger partial charge in [-0.05, 0) is 60.4 Å². The molecule has 0 amide bonds. The highest BCUT2D eigenvalue weighted by molar-refractivity contribution is 7.99. The van der Waals surface area contributed by atoms with Crippen LogP contribution in [0.4, 0.5) is 0 Å². The molecule has 176 valence electrons. The average Bonchev–Trinajstić information content (AvgIpc) is 3.59. The molecule has 0 aliphatic carbocycles. The van der Waals surface area contributed by atoms with Gasteiger partial charge in [0, 0.05) is 33.0 Å². The molecule has 0 saturated carbocycles. The molecule has 6 aromatic rings. The Morgan fingerprint density at radius 2 is 1.69 bits per heavy atom. The Bertz CT molecular complexity index is 1630. The smallest absolute Gasteiger partial charge is 0.166 e. The van der Waals surface area contributed by atoms with Gasteiger partial charge in [0.1, 0.15) is 16.9 Å². The minimum atomic E-state index is 0.333. The van der Waals surface area contributed by atoms with E-state index in [1.807, 2.05) is 12.5 Å². The van der Waals surface area contributed by atoms with Gasteiger partial charge in [-0.25, -0.2) is 0 Å². The fourth-order valence-corrected chi connectivity index (χ4v) is 5.90. The lowest BCUT2D eigenvalue weighted by Gasteiger charge is -2.13. The van der Waals surface area contributed by atoms with Crippen molar-refractivity contribution in [2.45, 2.75) is 55.4 Å². The molecular formula is C31H28O3S. The summed E-state index contributed by atoms with van der Waals surface area (Å²) in [4.78, 5) is 1.07. The van der Waals surface area contributed by atoms with Gasteiger partial charge in [-0.1, -0.05) is 63.2 Å². The number of rotatable bonds is 7. The highest BCUT2D eigenvalue weighted by atomic mass is 32.2. The third-order valence-electron chi connectivity index (χ3n) is 6.87. The summed E-state index contributed by atoms with van der Waals surface area (Å²) in [5, 5.41) is 5.56. The maximum atomic E-state index is 6.19. The van der Waals surface area contributed by atoms with Crippen LogP contribution in [0.3, 0.4) is 0 Å². The normalized spacial score (nSPS) is 12.9. The second kappa shape index (κ2) is 9.01. The van der Waals surface area contributed by atoms with E-state index in [0.717, 1.165) is 45.1 Å². The zero-order valence-electron chi connectivity index (χ0n) is 20.2. The van der Waals surface area contributed by atoms with Crippen molar-refractivity contribution < 1.29 is 13.3 Å². The quantitative estimate of drug-likeness (QED) is 0.228. The van der Waals surface area contributed by atoms with Crippen molar-refractivity contribution in [1.82, 2.24) is 0 Å². The van der Waals surface area contributed by atoms with Gasteiger partial charge in [0.15, 0.2) is 5.09 Å². The van der Waals surface area contributed by atoms with Crippen LogP contribution in [0.5, 0.6) is 0 Å². The lowest BCUT2D eigenvalue weighted by Crippen LogP contribution is -2.01. The van der Waals surface area contributed by atoms with Crippen LogP contribution in [0, 0.1) is 0 Å². The van der Waals surface area contributed by atoms with Crippen LogP contribution in [0.1, 0.15) is 55.9 Å². The second-order valence-electron chi connectivity index (χ2n) is 9.51. The van der Waals surface area contributed by atoms with Crippen molar-refractivity contribution in [1.29, 1.82) is 0 Å². The summed E-state index contributed by atoms with van der Waals surface area (Å²) < 4.78 is 18.2. The Morgan fingerprint density at radius 1 is 0.829 bits per heavy atom. The maximum Gasteiger partial charge on any atom is 0.166 e. The molecule has 3 aromatic heterocycles. The van der Waals surface area contributed by atoms with E-state index in [1.54, 1.807) is 11.8 Å². The van der Waals surface area contributed by atoms with Crippen LogP contribution in [0.15, 0.2) is 102 Å². The molecule has 0 aliphatic rings. The van der Waals surface area contributed by atoms with E-state index in [1.165, 1.54) is 27.3 Å². The highest BCUT2D eigenvalue weighted by Gasteiger charge is 2.19. The number of furan rings is 3. The topological polar surface area (TPSA) is 39.4 Å². The van der Waals surface area contributed by atoms with E-state index in [0.29, 0.717) is 11.8 Å². The SMILES string of the molecule is CCC(Cc1ccc2oc(Sc3cccc4c(C(C)C)coc34)cc2c1)c1occ2ccccc12. The standard InChI is InChI=1S/C31H28O3S/c1-4-21(30-24-9-6-5-8-22(24)17-32-30)14-20-12-13-27-23(15-20)16-29(34-27)35-28-11-7-10-25-26(19(2)3)18-33-31(25)28/h5-13,15-19,21H,4,14H2,1-3H3. The largest absolute Gasteiger partial charge is 0.468 e. The number of para-hydroxylation sites is 1. The van der Waals surface area contributed by atoms with Crippen molar-refractivity contribution in [3.63, 3.8) is 0 Å². The lowest BCUT2D eigenvalue weighted by atomic mass is 9.92. The van der Waals surface area contributed by atoms with Crippen molar-refractivity contribution in [2.24, 2.45) is 0 Å². The summed E-state index contributed by atoms with van der Waals surface area (Å²) >= 11 is 1.62. The lowest BCUT2D eigenvalue weighted by molar-refractivity contribution is 0.457. The Balaban J connectivity index is 1.27. The van der Waals surface area contributed by atoms with E-state index in [9.17, 15) is 0 Å². The highest BCUT2D eigenvalue weighted by Crippen LogP contribution is 2.40. The molecule has 0 fully saturated rings. The molecule has 0 N–H and O–H groups in total. The van der Waals surface area contributed by atoms with E-state index in [2.05, 4.69) is 87.5 Å². The van der Waals surface area contributed by atoms with Crippen molar-refractivity contribution in [2.75, 3.05) is 0 Å². The fourth-order valence-electron chi connectivity index (χ4n) is 4.97. The van der Waals surface area contributed by atoms with E-state index < -0.39 is 0 Å². The van der Waals surface area contributed by atoms with E-state index >= 15 is 0 Å². The summed E-state index contributed by atoms with van der Waals surface area (Å²) in [7, 11) is 0. The maximum absolute atomic E-state index is 6.19. The molecular weight excluding hydrogens is 452 g/mol. The number of hydrogen-bond acceptors (Lipinski definition) is 4. The van der Waals surface area contributed by atoms with Gasteiger partial charge in [-0.3, -0.25) is 0 Å². The zero-order valence-corrected chi connectivity index (χ0v) is 21.0. The Hall–Kier alpha value is -3.37. The third kappa shape index (κ3) is 4.06. The molecule has 35 heavy (non-hydrogen) atoms. The first-order valence-electron chi connectivity index (χ1n) is 12.3. The van der Waals surface area contributed by atoms with Gasteiger partial charge in [0.05, 0.1) is 17.4 Å². The molecule has 4 heteroatoms. The number of hydrogen-bond donors (Lipinski definition) is 0. The van der Waals surface area contributed by atoms with Gasteiger partial charge >= 0.3 is 0 Å². The van der Waals surface area contributed by atoms with Gasteiger partial charge in [0.2, 0.25) is 0 Å². The molecule has 1 atom stereocenters. The summed E-state index contributed by atoms with van der Waals surface area (Å²) in [6, 6.07) is 23.4. The molecule has 0 saturated heterocycles. The van der Waals surface area contributed by atoms with Gasteiger partial charge in [0.25, 0.3) is 0 Å². The minimum Gasteiger partial charge on any atom is -0.468 e. The second-order valence-corrected chi connectivity index (χ2v) is 10.6. The summed E-state index contributed by atoms with van der Waals surface area (Å²) in [6.07, 6.45) is 5.71. The molecule has 3 aromatic carbocycles. The van der Waals surface area contributed by atoms with Gasteiger partial charge < -0.3 is 13.3 Å². The predicted molar refractivity (Wildman–Crippen MR) is 144 cm³/mol. The first-order chi connectivity index (χ1) is 17.1. The van der Waals surface area contributed by atoms with Crippen molar-refractivity contribution in [3.8, 4) is 0 Å². The van der Waals surface area contributed by atoms with Crippen molar-refractivity contribution in [3.05, 3.63) is 96.1 Å². The zero-order chi connectivity index (χ0) is 23.9. The minimum absolute atomic E-state index is 0.333. The summed E-state index contributed by atoms with van der Waals surface area (Å²) in [5.74, 6) is 1.84. The summed E-state index contributed by atoms with van der Waals surface area (Å²) in [6.45, 7) is 6.61. The molecule has 0 spiro atoms. The monoisotopic (exact) mass is 480 g/mol. The Morgan fingerprint density at radius 3 is 2.54 bits per heavy atom. The average molecular weight is 481 g/mol. The third-order valence-corrected chi connectivity index (χ3v) is 7.81. The van der Waals surface area contributed by atoms with Crippen LogP contribution in [-0.2, 0) is 6.42 Å². The van der Waals surface area contributed by atoms with E-state index in [-0.39, 0.29) is 0 Å². The molecule has 1 unspecified atom stereocenters.